The molecule has 25 heavy (non-hydrogen) atoms. The van der Waals surface area contributed by atoms with E-state index >= 15 is 0 Å². The molecule has 0 radical (unpaired) electrons. The Kier molecular flexibility index (Phi) is 4.36. The lowest BCUT2D eigenvalue weighted by molar-refractivity contribution is -0.145. The number of fused-ring (bicyclic) bond motifs is 1. The molecule has 1 atom stereocenters. The molecule has 1 aliphatic rings. The van der Waals surface area contributed by atoms with Crippen molar-refractivity contribution in [3.05, 3.63) is 45.9 Å². The fraction of sp³-hybridized carbons (Fsp3) is 0.467. The number of aromatic nitrogens is 4. The van der Waals surface area contributed by atoms with Crippen molar-refractivity contribution in [1.29, 1.82) is 0 Å². The normalized spacial score (nSPS) is 17.2. The number of nitrogens with zero attached hydrogens (tertiary/aromatic N) is 4. The number of carbonyl (C=O) groups excluding carboxylic acids is 1. The van der Waals surface area contributed by atoms with E-state index in [0.717, 1.165) is 16.9 Å². The highest BCUT2D eigenvalue weighted by Gasteiger charge is 2.32. The average Bonchev–Trinajstić information content (AvgIpc) is 2.90. The van der Waals surface area contributed by atoms with E-state index in [9.17, 15) is 22.8 Å². The van der Waals surface area contributed by atoms with Crippen LogP contribution in [-0.4, -0.2) is 32.4 Å². The van der Waals surface area contributed by atoms with Crippen molar-refractivity contribution in [2.24, 2.45) is 0 Å². The van der Waals surface area contributed by atoms with Gasteiger partial charge in [-0.2, -0.15) is 18.3 Å². The molecule has 3 rings (SSSR count). The van der Waals surface area contributed by atoms with E-state index < -0.39 is 29.4 Å². The van der Waals surface area contributed by atoms with Gasteiger partial charge in [-0.25, -0.2) is 14.3 Å². The molecule has 10 heteroatoms. The fourth-order valence-corrected chi connectivity index (χ4v) is 2.90. The summed E-state index contributed by atoms with van der Waals surface area (Å²) in [5.74, 6) is -0.116. The third-order valence-corrected chi connectivity index (χ3v) is 4.06. The molecular weight excluding hydrogens is 341 g/mol. The maximum Gasteiger partial charge on any atom is 0.417 e. The Hall–Kier alpha value is -2.65. The first kappa shape index (κ1) is 17.2. The van der Waals surface area contributed by atoms with E-state index in [0.29, 0.717) is 25.1 Å². The number of hydrogen-bond donors (Lipinski definition) is 0. The number of carbonyl (C=O) groups is 1. The molecule has 1 unspecified atom stereocenters. The van der Waals surface area contributed by atoms with Crippen molar-refractivity contribution in [1.82, 2.24) is 19.3 Å². The number of rotatable bonds is 3. The summed E-state index contributed by atoms with van der Waals surface area (Å²) in [6, 6.07) is 0.171. The largest absolute Gasteiger partial charge is 0.467 e. The number of aryl methyl sites for hydroxylation is 1. The first-order valence-electron chi connectivity index (χ1n) is 7.58. The van der Waals surface area contributed by atoms with Crippen LogP contribution in [0.25, 0.3) is 0 Å². The van der Waals surface area contributed by atoms with E-state index in [1.54, 1.807) is 0 Å². The average molecular weight is 356 g/mol. The minimum atomic E-state index is -4.52. The third-order valence-electron chi connectivity index (χ3n) is 4.06. The van der Waals surface area contributed by atoms with Crippen molar-refractivity contribution in [2.75, 3.05) is 7.11 Å². The first-order chi connectivity index (χ1) is 11.8. The summed E-state index contributed by atoms with van der Waals surface area (Å²) in [5.41, 5.74) is -1.25. The summed E-state index contributed by atoms with van der Waals surface area (Å²) >= 11 is 0. The second-order valence-electron chi connectivity index (χ2n) is 5.74. The molecule has 1 aliphatic heterocycles. The van der Waals surface area contributed by atoms with Crippen molar-refractivity contribution in [3.8, 4) is 0 Å². The molecule has 2 aromatic rings. The number of methoxy groups -OCH3 is 1. The second-order valence-corrected chi connectivity index (χ2v) is 5.74. The molecule has 0 fully saturated rings. The Morgan fingerprint density at radius 3 is 2.84 bits per heavy atom. The number of esters is 1. The van der Waals surface area contributed by atoms with Gasteiger partial charge in [-0.15, -0.1) is 0 Å². The highest BCUT2D eigenvalue weighted by molar-refractivity contribution is 5.74. The molecule has 2 aromatic heterocycles. The van der Waals surface area contributed by atoms with Crippen molar-refractivity contribution >= 4 is 5.97 Å². The standard InChI is InChI=1S/C15H15F3N4O3/c1-25-13(23)11-3-2-4-12-20-21(14(24)22(11)12)8-9-5-10(7-19-6-9)15(16,17)18/h5-7,11H,2-4,8H2,1H3. The summed E-state index contributed by atoms with van der Waals surface area (Å²) in [5, 5.41) is 4.15. The van der Waals surface area contributed by atoms with Crippen LogP contribution in [0.3, 0.4) is 0 Å². The maximum atomic E-state index is 12.8. The number of pyridine rings is 1. The van der Waals surface area contributed by atoms with Gasteiger partial charge in [0.2, 0.25) is 0 Å². The summed E-state index contributed by atoms with van der Waals surface area (Å²) in [7, 11) is 1.24. The van der Waals surface area contributed by atoms with Crippen LogP contribution < -0.4 is 5.69 Å². The van der Waals surface area contributed by atoms with Gasteiger partial charge >= 0.3 is 17.8 Å². The molecule has 7 nitrogen and oxygen atoms in total. The lowest BCUT2D eigenvalue weighted by atomic mass is 10.1. The van der Waals surface area contributed by atoms with Crippen LogP contribution in [0.1, 0.15) is 35.8 Å². The SMILES string of the molecule is COC(=O)C1CCCc2nn(Cc3cncc(C(F)(F)F)c3)c(=O)n21. The van der Waals surface area contributed by atoms with Crippen LogP contribution in [0.4, 0.5) is 13.2 Å². The molecule has 3 heterocycles. The predicted octanol–water partition coefficient (Wildman–Crippen LogP) is 1.56. The predicted molar refractivity (Wildman–Crippen MR) is 78.8 cm³/mol. The van der Waals surface area contributed by atoms with Crippen molar-refractivity contribution in [2.45, 2.75) is 38.0 Å². The Labute approximate surface area is 140 Å². The van der Waals surface area contributed by atoms with Gasteiger partial charge in [0.05, 0.1) is 19.2 Å². The Morgan fingerprint density at radius 2 is 2.16 bits per heavy atom. The summed E-state index contributed by atoms with van der Waals surface area (Å²) < 4.78 is 45.3. The number of hydrogen-bond acceptors (Lipinski definition) is 5. The van der Waals surface area contributed by atoms with Gasteiger partial charge in [0.15, 0.2) is 0 Å². The smallest absolute Gasteiger partial charge is 0.417 e. The van der Waals surface area contributed by atoms with Crippen LogP contribution in [0.5, 0.6) is 0 Å². The van der Waals surface area contributed by atoms with Crippen LogP contribution >= 0.6 is 0 Å². The molecule has 0 aromatic carbocycles. The van der Waals surface area contributed by atoms with E-state index in [2.05, 4.69) is 10.1 Å². The lowest BCUT2D eigenvalue weighted by Crippen LogP contribution is -2.35. The topological polar surface area (TPSA) is 79.0 Å². The van der Waals surface area contributed by atoms with Gasteiger partial charge < -0.3 is 4.74 Å². The van der Waals surface area contributed by atoms with Crippen molar-refractivity contribution in [3.63, 3.8) is 0 Å². The minimum Gasteiger partial charge on any atom is -0.467 e. The Morgan fingerprint density at radius 1 is 1.40 bits per heavy atom. The van der Waals surface area contributed by atoms with Crippen LogP contribution in [-0.2, 0) is 28.7 Å². The molecule has 0 saturated heterocycles. The van der Waals surface area contributed by atoms with E-state index in [1.165, 1.54) is 17.9 Å². The van der Waals surface area contributed by atoms with Crippen LogP contribution in [0.2, 0.25) is 0 Å². The van der Waals surface area contributed by atoms with E-state index in [-0.39, 0.29) is 12.1 Å². The highest BCUT2D eigenvalue weighted by atomic mass is 19.4. The molecule has 0 amide bonds. The quantitative estimate of drug-likeness (QED) is 0.780. The summed E-state index contributed by atoms with van der Waals surface area (Å²) in [6.07, 6.45) is -0.915. The molecule has 134 valence electrons. The minimum absolute atomic E-state index is 0.163. The Bertz CT molecular complexity index is 856. The van der Waals surface area contributed by atoms with Gasteiger partial charge in [-0.1, -0.05) is 0 Å². The lowest BCUT2D eigenvalue weighted by Gasteiger charge is -2.20. The van der Waals surface area contributed by atoms with Gasteiger partial charge in [0, 0.05) is 18.8 Å². The van der Waals surface area contributed by atoms with Gasteiger partial charge in [0.25, 0.3) is 0 Å². The summed E-state index contributed by atoms with van der Waals surface area (Å²) in [6.45, 7) is -0.163. The zero-order chi connectivity index (χ0) is 18.2. The number of alkyl halides is 3. The van der Waals surface area contributed by atoms with Crippen LogP contribution in [0.15, 0.2) is 23.3 Å². The molecule has 0 saturated carbocycles. The summed E-state index contributed by atoms with van der Waals surface area (Å²) in [4.78, 5) is 28.0. The second kappa shape index (κ2) is 6.34. The van der Waals surface area contributed by atoms with E-state index in [4.69, 9.17) is 4.74 Å². The van der Waals surface area contributed by atoms with Gasteiger partial charge in [-0.3, -0.25) is 9.55 Å². The fourth-order valence-electron chi connectivity index (χ4n) is 2.90. The molecular formula is C15H15F3N4O3. The maximum absolute atomic E-state index is 12.8. The van der Waals surface area contributed by atoms with Gasteiger partial charge in [0.1, 0.15) is 11.9 Å². The molecule has 0 bridgehead atoms. The molecule has 0 spiro atoms. The Balaban J connectivity index is 1.94. The first-order valence-corrected chi connectivity index (χ1v) is 7.58. The molecule has 0 aliphatic carbocycles. The number of halogens is 3. The van der Waals surface area contributed by atoms with Gasteiger partial charge in [-0.05, 0) is 24.5 Å². The third kappa shape index (κ3) is 3.28. The number of ether oxygens (including phenoxy) is 1. The van der Waals surface area contributed by atoms with Crippen LogP contribution in [0, 0.1) is 0 Å². The van der Waals surface area contributed by atoms with Crippen molar-refractivity contribution < 1.29 is 22.7 Å². The highest BCUT2D eigenvalue weighted by Crippen LogP contribution is 2.29. The van der Waals surface area contributed by atoms with E-state index in [1.807, 2.05) is 0 Å². The zero-order valence-electron chi connectivity index (χ0n) is 13.3. The monoisotopic (exact) mass is 356 g/mol. The molecule has 0 N–H and O–H groups in total. The zero-order valence-corrected chi connectivity index (χ0v) is 13.3.